The number of halogens is 1. The second-order valence-corrected chi connectivity index (χ2v) is 6.13. The lowest BCUT2D eigenvalue weighted by molar-refractivity contribution is -0.121. The van der Waals surface area contributed by atoms with Gasteiger partial charge in [0.1, 0.15) is 0 Å². The molecule has 0 heterocycles. The third-order valence-electron chi connectivity index (χ3n) is 2.68. The third kappa shape index (κ3) is 6.08. The van der Waals surface area contributed by atoms with Crippen molar-refractivity contribution in [2.24, 2.45) is 0 Å². The molecule has 0 aromatic heterocycles. The Morgan fingerprint density at radius 3 is 2.58 bits per heavy atom. The van der Waals surface area contributed by atoms with Crippen LogP contribution in [0, 0.1) is 0 Å². The summed E-state index contributed by atoms with van der Waals surface area (Å²) in [4.78, 5) is 11.8. The zero-order valence-corrected chi connectivity index (χ0v) is 12.8. The minimum Gasteiger partial charge on any atom is -0.350 e. The maximum Gasteiger partial charge on any atom is 0.234 e. The lowest BCUT2D eigenvalue weighted by Crippen LogP contribution is -2.45. The third-order valence-corrected chi connectivity index (χ3v) is 2.92. The van der Waals surface area contributed by atoms with Crippen molar-refractivity contribution in [1.29, 1.82) is 0 Å². The van der Waals surface area contributed by atoms with Crippen LogP contribution in [0.4, 0.5) is 0 Å². The number of carbonyl (C=O) groups excluding carboxylic acids is 1. The summed E-state index contributed by atoms with van der Waals surface area (Å²) in [5.41, 5.74) is 0.912. The fourth-order valence-electron chi connectivity index (χ4n) is 1.90. The maximum atomic E-state index is 11.8. The molecule has 1 unspecified atom stereocenters. The average molecular weight is 283 g/mol. The molecule has 106 valence electrons. The fraction of sp³-hybridized carbons (Fsp3) is 0.533. The summed E-state index contributed by atoms with van der Waals surface area (Å²) in [6, 6.07) is 7.88. The van der Waals surface area contributed by atoms with Gasteiger partial charge in [-0.3, -0.25) is 4.79 Å². The Morgan fingerprint density at radius 1 is 1.37 bits per heavy atom. The van der Waals surface area contributed by atoms with Crippen molar-refractivity contribution >= 4 is 17.5 Å². The first-order valence-corrected chi connectivity index (χ1v) is 6.99. The molecule has 0 bridgehead atoms. The van der Waals surface area contributed by atoms with E-state index >= 15 is 0 Å². The molecular formula is C15H23ClN2O. The zero-order valence-electron chi connectivity index (χ0n) is 12.1. The van der Waals surface area contributed by atoms with Crippen LogP contribution in [0.5, 0.6) is 0 Å². The van der Waals surface area contributed by atoms with E-state index in [0.717, 1.165) is 17.0 Å². The summed E-state index contributed by atoms with van der Waals surface area (Å²) in [5.74, 6) is 0.00739. The number of amides is 1. The van der Waals surface area contributed by atoms with Crippen LogP contribution < -0.4 is 10.6 Å². The number of carbonyl (C=O) groups is 1. The molecule has 3 nitrogen and oxygen atoms in total. The second-order valence-electron chi connectivity index (χ2n) is 5.69. The molecule has 0 aliphatic carbocycles. The predicted octanol–water partition coefficient (Wildman–Crippen LogP) is 3.30. The van der Waals surface area contributed by atoms with Gasteiger partial charge >= 0.3 is 0 Å². The molecule has 1 aromatic carbocycles. The predicted molar refractivity (Wildman–Crippen MR) is 80.4 cm³/mol. The Labute approximate surface area is 120 Å². The largest absolute Gasteiger partial charge is 0.350 e. The summed E-state index contributed by atoms with van der Waals surface area (Å²) in [5, 5.41) is 6.92. The van der Waals surface area contributed by atoms with Crippen molar-refractivity contribution < 1.29 is 4.79 Å². The molecule has 1 aromatic rings. The van der Waals surface area contributed by atoms with E-state index in [-0.39, 0.29) is 17.5 Å². The topological polar surface area (TPSA) is 41.1 Å². The van der Waals surface area contributed by atoms with Crippen molar-refractivity contribution in [1.82, 2.24) is 10.6 Å². The van der Waals surface area contributed by atoms with Crippen LogP contribution in [-0.4, -0.2) is 18.0 Å². The quantitative estimate of drug-likeness (QED) is 0.870. The van der Waals surface area contributed by atoms with Gasteiger partial charge in [0.15, 0.2) is 0 Å². The molecule has 0 fully saturated rings. The van der Waals surface area contributed by atoms with E-state index in [4.69, 9.17) is 11.6 Å². The van der Waals surface area contributed by atoms with Crippen molar-refractivity contribution in [3.63, 3.8) is 0 Å². The van der Waals surface area contributed by atoms with Crippen LogP contribution in [0.2, 0.25) is 5.02 Å². The number of benzene rings is 1. The van der Waals surface area contributed by atoms with Gasteiger partial charge in [-0.1, -0.05) is 30.7 Å². The summed E-state index contributed by atoms with van der Waals surface area (Å²) in [6.07, 6.45) is 0.906. The van der Waals surface area contributed by atoms with Gasteiger partial charge in [-0.2, -0.15) is 0 Å². The highest BCUT2D eigenvalue weighted by Gasteiger charge is 2.15. The number of hydrogen-bond acceptors (Lipinski definition) is 2. The summed E-state index contributed by atoms with van der Waals surface area (Å²) < 4.78 is 0. The van der Waals surface area contributed by atoms with Crippen LogP contribution >= 0.6 is 11.6 Å². The Kier molecular flexibility index (Phi) is 5.83. The highest BCUT2D eigenvalue weighted by molar-refractivity contribution is 6.30. The smallest absolute Gasteiger partial charge is 0.234 e. The minimum absolute atomic E-state index is 0.00739. The Balaban J connectivity index is 2.56. The van der Waals surface area contributed by atoms with E-state index < -0.39 is 0 Å². The van der Waals surface area contributed by atoms with Crippen LogP contribution in [0.1, 0.15) is 45.7 Å². The van der Waals surface area contributed by atoms with E-state index in [0.29, 0.717) is 6.54 Å². The monoisotopic (exact) mass is 282 g/mol. The van der Waals surface area contributed by atoms with E-state index in [1.54, 1.807) is 0 Å². The van der Waals surface area contributed by atoms with Gasteiger partial charge in [-0.25, -0.2) is 0 Å². The van der Waals surface area contributed by atoms with Gasteiger partial charge in [-0.15, -0.1) is 0 Å². The first-order chi connectivity index (χ1) is 8.81. The normalized spacial score (nSPS) is 13.1. The Hall–Kier alpha value is -1.06. The van der Waals surface area contributed by atoms with Crippen molar-refractivity contribution in [3.05, 3.63) is 34.9 Å². The molecule has 0 radical (unpaired) electrons. The van der Waals surface area contributed by atoms with Crippen LogP contribution in [-0.2, 0) is 4.79 Å². The van der Waals surface area contributed by atoms with Gasteiger partial charge in [0.05, 0.1) is 6.54 Å². The van der Waals surface area contributed by atoms with Crippen molar-refractivity contribution in [2.75, 3.05) is 6.54 Å². The molecule has 19 heavy (non-hydrogen) atoms. The van der Waals surface area contributed by atoms with Crippen LogP contribution in [0.3, 0.4) is 0 Å². The van der Waals surface area contributed by atoms with Gasteiger partial charge in [0.2, 0.25) is 5.91 Å². The molecule has 0 aliphatic rings. The minimum atomic E-state index is -0.198. The number of rotatable bonds is 5. The standard InChI is InChI=1S/C15H23ClN2O/c1-5-13(11-7-6-8-12(16)9-11)17-10-14(19)18-15(2,3)4/h6-9,13,17H,5,10H2,1-4H3,(H,18,19). The number of nitrogens with one attached hydrogen (secondary N) is 2. The molecule has 0 saturated carbocycles. The first-order valence-electron chi connectivity index (χ1n) is 6.61. The molecule has 2 N–H and O–H groups in total. The average Bonchev–Trinajstić information content (AvgIpc) is 2.27. The second kappa shape index (κ2) is 6.92. The lowest BCUT2D eigenvalue weighted by Gasteiger charge is -2.22. The Bertz CT molecular complexity index is 426. The first kappa shape index (κ1) is 16.0. The fourth-order valence-corrected chi connectivity index (χ4v) is 2.10. The van der Waals surface area contributed by atoms with E-state index in [1.807, 2.05) is 45.0 Å². The Morgan fingerprint density at radius 2 is 2.05 bits per heavy atom. The molecule has 0 aliphatic heterocycles. The van der Waals surface area contributed by atoms with Gasteiger partial charge in [0.25, 0.3) is 0 Å². The molecule has 1 rings (SSSR count). The van der Waals surface area contributed by atoms with Crippen molar-refractivity contribution in [2.45, 2.75) is 45.7 Å². The van der Waals surface area contributed by atoms with Crippen LogP contribution in [0.25, 0.3) is 0 Å². The van der Waals surface area contributed by atoms with Gasteiger partial charge in [0, 0.05) is 16.6 Å². The molecule has 4 heteroatoms. The molecular weight excluding hydrogens is 260 g/mol. The summed E-state index contributed by atoms with van der Waals surface area (Å²) >= 11 is 5.99. The summed E-state index contributed by atoms with van der Waals surface area (Å²) in [6.45, 7) is 8.31. The van der Waals surface area contributed by atoms with Gasteiger partial charge < -0.3 is 10.6 Å². The highest BCUT2D eigenvalue weighted by atomic mass is 35.5. The molecule has 1 atom stereocenters. The molecule has 1 amide bonds. The van der Waals surface area contributed by atoms with E-state index in [9.17, 15) is 4.79 Å². The van der Waals surface area contributed by atoms with E-state index in [1.165, 1.54) is 0 Å². The van der Waals surface area contributed by atoms with Gasteiger partial charge in [-0.05, 0) is 44.9 Å². The molecule has 0 spiro atoms. The van der Waals surface area contributed by atoms with Crippen LogP contribution in [0.15, 0.2) is 24.3 Å². The number of hydrogen-bond donors (Lipinski definition) is 2. The maximum absolute atomic E-state index is 11.8. The van der Waals surface area contributed by atoms with E-state index in [2.05, 4.69) is 17.6 Å². The lowest BCUT2D eigenvalue weighted by atomic mass is 10.0. The molecule has 0 saturated heterocycles. The van der Waals surface area contributed by atoms with Crippen molar-refractivity contribution in [3.8, 4) is 0 Å². The highest BCUT2D eigenvalue weighted by Crippen LogP contribution is 2.19. The summed E-state index contributed by atoms with van der Waals surface area (Å²) in [7, 11) is 0. The SMILES string of the molecule is CCC(NCC(=O)NC(C)(C)C)c1cccc(Cl)c1. The zero-order chi connectivity index (χ0) is 14.5.